The standard InChI is InChI=1S/C19H28N4O3S/c1-5-16-22-17-14(20)7-8-15-19(17,9-6-10-21-15)23(16)13-18(2,3)26-11-12-27(4,24)25/h6-10,16H,5,11-13,20H2,1-4H3. The van der Waals surface area contributed by atoms with Gasteiger partial charge in [0.15, 0.2) is 0 Å². The average Bonchev–Trinajstić information content (AvgIpc) is 2.87. The zero-order chi connectivity index (χ0) is 19.9. The van der Waals surface area contributed by atoms with Crippen LogP contribution in [0.1, 0.15) is 27.2 Å². The van der Waals surface area contributed by atoms with E-state index in [4.69, 9.17) is 15.5 Å². The first-order valence-electron chi connectivity index (χ1n) is 9.16. The highest BCUT2D eigenvalue weighted by Crippen LogP contribution is 2.43. The number of nitrogens with zero attached hydrogens (tertiary/aromatic N) is 3. The zero-order valence-corrected chi connectivity index (χ0v) is 17.2. The van der Waals surface area contributed by atoms with E-state index in [2.05, 4.69) is 22.9 Å². The van der Waals surface area contributed by atoms with Gasteiger partial charge in [0.05, 0.1) is 35.1 Å². The van der Waals surface area contributed by atoms with Crippen molar-refractivity contribution in [3.63, 3.8) is 0 Å². The monoisotopic (exact) mass is 392 g/mol. The Hall–Kier alpha value is -1.77. The van der Waals surface area contributed by atoms with Crippen molar-refractivity contribution in [2.45, 2.75) is 44.5 Å². The van der Waals surface area contributed by atoms with Crippen LogP contribution >= 0.6 is 0 Å². The van der Waals surface area contributed by atoms with Gasteiger partial charge in [-0.05, 0) is 38.5 Å². The van der Waals surface area contributed by atoms with Gasteiger partial charge in [0, 0.05) is 19.0 Å². The van der Waals surface area contributed by atoms with Crippen LogP contribution in [0.25, 0.3) is 0 Å². The predicted octanol–water partition coefficient (Wildman–Crippen LogP) is 1.44. The third kappa shape index (κ3) is 3.79. The van der Waals surface area contributed by atoms with Gasteiger partial charge in [-0.2, -0.15) is 0 Å². The summed E-state index contributed by atoms with van der Waals surface area (Å²) in [5, 5.41) is 0. The first kappa shape index (κ1) is 20.0. The highest BCUT2D eigenvalue weighted by atomic mass is 32.2. The van der Waals surface area contributed by atoms with E-state index >= 15 is 0 Å². The molecule has 0 saturated carbocycles. The summed E-state index contributed by atoms with van der Waals surface area (Å²) < 4.78 is 28.8. The van der Waals surface area contributed by atoms with Crippen LogP contribution in [0.5, 0.6) is 0 Å². The Balaban J connectivity index is 1.88. The van der Waals surface area contributed by atoms with Crippen molar-refractivity contribution < 1.29 is 13.2 Å². The van der Waals surface area contributed by atoms with Crippen molar-refractivity contribution in [1.29, 1.82) is 0 Å². The van der Waals surface area contributed by atoms with Gasteiger partial charge in [0.2, 0.25) is 0 Å². The zero-order valence-electron chi connectivity index (χ0n) is 16.3. The molecule has 0 aromatic rings. The minimum Gasteiger partial charge on any atom is -0.397 e. The summed E-state index contributed by atoms with van der Waals surface area (Å²) in [5.74, 6) is 0.00552. The molecule has 2 atom stereocenters. The normalized spacial score (nSPS) is 27.7. The Morgan fingerprint density at radius 2 is 2.11 bits per heavy atom. The molecule has 0 bridgehead atoms. The first-order chi connectivity index (χ1) is 12.6. The second-order valence-electron chi connectivity index (χ2n) is 7.81. The lowest BCUT2D eigenvalue weighted by atomic mass is 9.81. The number of ether oxygens (including phenoxy) is 1. The van der Waals surface area contributed by atoms with Crippen molar-refractivity contribution in [2.75, 3.05) is 25.2 Å². The molecule has 1 aliphatic carbocycles. The van der Waals surface area contributed by atoms with Crippen LogP contribution < -0.4 is 5.73 Å². The lowest BCUT2D eigenvalue weighted by Crippen LogP contribution is -2.58. The molecular formula is C19H28N4O3S. The fourth-order valence-corrected chi connectivity index (χ4v) is 4.19. The molecule has 0 aromatic carbocycles. The summed E-state index contributed by atoms with van der Waals surface area (Å²) in [5.41, 5.74) is 7.48. The average molecular weight is 393 g/mol. The lowest BCUT2D eigenvalue weighted by molar-refractivity contribution is -0.0463. The van der Waals surface area contributed by atoms with Crippen LogP contribution in [-0.2, 0) is 14.6 Å². The first-order valence-corrected chi connectivity index (χ1v) is 11.2. The molecule has 0 amide bonds. The second-order valence-corrected chi connectivity index (χ2v) is 10.1. The number of sulfone groups is 1. The smallest absolute Gasteiger partial charge is 0.149 e. The van der Waals surface area contributed by atoms with E-state index in [9.17, 15) is 8.42 Å². The molecule has 0 aromatic heterocycles. The number of rotatable bonds is 7. The molecule has 148 valence electrons. The lowest BCUT2D eigenvalue weighted by Gasteiger charge is -2.45. The van der Waals surface area contributed by atoms with Gasteiger partial charge in [-0.25, -0.2) is 8.42 Å². The number of nitrogens with two attached hydrogens (primary N) is 1. The Bertz CT molecular complexity index is 867. The van der Waals surface area contributed by atoms with Crippen LogP contribution in [0.15, 0.2) is 45.7 Å². The largest absolute Gasteiger partial charge is 0.397 e. The predicted molar refractivity (Wildman–Crippen MR) is 109 cm³/mol. The molecule has 1 spiro atoms. The molecule has 8 heteroatoms. The Labute approximate surface area is 161 Å². The third-order valence-corrected chi connectivity index (χ3v) is 5.95. The van der Waals surface area contributed by atoms with Crippen molar-refractivity contribution in [3.05, 3.63) is 35.7 Å². The fourth-order valence-electron chi connectivity index (χ4n) is 3.80. The maximum Gasteiger partial charge on any atom is 0.149 e. The minimum atomic E-state index is -3.06. The number of aliphatic imine (C=N–C) groups is 2. The van der Waals surface area contributed by atoms with Gasteiger partial charge in [0.25, 0.3) is 0 Å². The van der Waals surface area contributed by atoms with Crippen molar-refractivity contribution in [2.24, 2.45) is 15.7 Å². The van der Waals surface area contributed by atoms with Gasteiger partial charge in [-0.15, -0.1) is 0 Å². The van der Waals surface area contributed by atoms with E-state index in [1.807, 2.05) is 32.1 Å². The summed E-state index contributed by atoms with van der Waals surface area (Å²) in [6.45, 7) is 6.75. The highest BCUT2D eigenvalue weighted by molar-refractivity contribution is 7.90. The molecule has 7 nitrogen and oxygen atoms in total. The van der Waals surface area contributed by atoms with Gasteiger partial charge in [-0.1, -0.05) is 13.0 Å². The van der Waals surface area contributed by atoms with Crippen LogP contribution in [0, 0.1) is 0 Å². The molecule has 0 radical (unpaired) electrons. The molecule has 2 heterocycles. The molecule has 3 rings (SSSR count). The van der Waals surface area contributed by atoms with Gasteiger partial charge >= 0.3 is 0 Å². The van der Waals surface area contributed by atoms with Gasteiger partial charge in [0.1, 0.15) is 21.5 Å². The number of hydrogen-bond donors (Lipinski definition) is 1. The fraction of sp³-hybridized carbons (Fsp3) is 0.579. The quantitative estimate of drug-likeness (QED) is 0.707. The summed E-state index contributed by atoms with van der Waals surface area (Å²) in [6.07, 6.45) is 11.6. The van der Waals surface area contributed by atoms with Crippen molar-refractivity contribution in [3.8, 4) is 0 Å². The molecular weight excluding hydrogens is 364 g/mol. The molecule has 3 aliphatic rings. The minimum absolute atomic E-state index is 0.00552. The highest BCUT2D eigenvalue weighted by Gasteiger charge is 2.53. The molecule has 2 N–H and O–H groups in total. The second kappa shape index (κ2) is 7.00. The Morgan fingerprint density at radius 1 is 1.37 bits per heavy atom. The van der Waals surface area contributed by atoms with Crippen LogP contribution in [0.3, 0.4) is 0 Å². The summed E-state index contributed by atoms with van der Waals surface area (Å²) in [6, 6.07) is 0. The van der Waals surface area contributed by atoms with Crippen LogP contribution in [0.4, 0.5) is 0 Å². The van der Waals surface area contributed by atoms with Crippen molar-refractivity contribution in [1.82, 2.24) is 4.90 Å². The molecule has 27 heavy (non-hydrogen) atoms. The number of hydrogen-bond acceptors (Lipinski definition) is 7. The van der Waals surface area contributed by atoms with E-state index in [1.165, 1.54) is 6.26 Å². The van der Waals surface area contributed by atoms with Crippen LogP contribution in [-0.4, -0.2) is 67.7 Å². The Kier molecular flexibility index (Phi) is 5.18. The third-order valence-electron chi connectivity index (χ3n) is 5.04. The molecule has 2 unspecified atom stereocenters. The SMILES string of the molecule is CCC1N=C2C(N)=CC=C3N=CC=CC32N1CC(C)(C)OCCS(C)(=O)=O. The van der Waals surface area contributed by atoms with E-state index in [-0.39, 0.29) is 18.5 Å². The summed E-state index contributed by atoms with van der Waals surface area (Å²) >= 11 is 0. The maximum atomic E-state index is 11.4. The Morgan fingerprint density at radius 3 is 2.78 bits per heavy atom. The molecule has 0 saturated heterocycles. The molecule has 2 aliphatic heterocycles. The number of allylic oxidation sites excluding steroid dienone is 3. The van der Waals surface area contributed by atoms with E-state index in [0.29, 0.717) is 12.2 Å². The van der Waals surface area contributed by atoms with Crippen molar-refractivity contribution >= 4 is 21.8 Å². The van der Waals surface area contributed by atoms with Gasteiger partial charge in [-0.3, -0.25) is 14.9 Å². The summed E-state index contributed by atoms with van der Waals surface area (Å²) in [4.78, 5) is 11.7. The van der Waals surface area contributed by atoms with Crippen LogP contribution in [0.2, 0.25) is 0 Å². The van der Waals surface area contributed by atoms with Gasteiger partial charge < -0.3 is 10.5 Å². The van der Waals surface area contributed by atoms with E-state index in [1.54, 1.807) is 6.21 Å². The topological polar surface area (TPSA) is 97.3 Å². The van der Waals surface area contributed by atoms with E-state index < -0.39 is 21.0 Å². The van der Waals surface area contributed by atoms with E-state index in [0.717, 1.165) is 17.8 Å². The molecule has 0 fully saturated rings. The summed E-state index contributed by atoms with van der Waals surface area (Å²) in [7, 11) is -3.06. The number of dihydropyridines is 1. The maximum absolute atomic E-state index is 11.4.